The molecule has 0 aliphatic carbocycles. The number of aliphatic hydroxyl groups excluding tert-OH is 2. The molecule has 0 aromatic carbocycles. The van der Waals surface area contributed by atoms with Crippen LogP contribution in [0.3, 0.4) is 0 Å². The smallest absolute Gasteiger partial charge is 0.463 e. The zero-order valence-corrected chi connectivity index (χ0v) is 60.5. The summed E-state index contributed by atoms with van der Waals surface area (Å²) in [5.74, 6) is -1.58. The molecule has 4 N–H and O–H groups in total. The van der Waals surface area contributed by atoms with E-state index in [9.17, 15) is 43.5 Å². The number of aliphatic hydroxyl groups is 2. The minimum absolute atomic E-state index is 0.106. The first-order chi connectivity index (χ1) is 45.2. The quantitative estimate of drug-likeness (QED) is 0.0146. The SMILES string of the molecule is CC/C=C\C/C=C\C/C=C\CCCCCCCCCC(=O)OCC(COP(=O)(O)OCC(O)COP(=O)(O)OCC(O)COC(=O)CCCCCCCCCCC/C=C\C/C=C\C/C=C\C/C=C\CCCCC)OC(=O)CCCCCCCCCCCCCCCCC. The van der Waals surface area contributed by atoms with Crippen LogP contribution in [0.5, 0.6) is 0 Å². The van der Waals surface area contributed by atoms with Crippen LogP contribution in [0, 0.1) is 0 Å². The Labute approximate surface area is 565 Å². The van der Waals surface area contributed by atoms with Gasteiger partial charge in [-0.15, -0.1) is 0 Å². The Morgan fingerprint density at radius 1 is 0.312 bits per heavy atom. The van der Waals surface area contributed by atoms with Gasteiger partial charge in [-0.3, -0.25) is 32.5 Å². The molecular weight excluding hydrogens is 1220 g/mol. The van der Waals surface area contributed by atoms with Crippen molar-refractivity contribution >= 4 is 33.6 Å². The standard InChI is InChI=1S/C75H134O16P2/c1-4-7-10-13-16-19-22-25-28-30-31-32-33-34-35-36-37-39-42-43-46-49-52-55-58-61-73(78)85-64-70(76)65-87-92(81,82)88-66-71(77)67-89-93(83,84)90-69-72(91-75(80)63-60-57-54-51-48-45-40-27-24-21-18-15-12-9-6-3)68-86-74(79)62-59-56-53-50-47-44-41-38-29-26-23-20-17-14-11-8-5-2/h8,11,16-17,19-20,25-26,28-29,31-32,34-35,70-72,76-77H,4-7,9-10,12-15,18,21-24,27,30,33,36-69H2,1-3H3,(H,81,82)(H,83,84)/b11-8-,19-16-,20-17-,28-25-,29-26-,32-31-,35-34-. The first-order valence-corrected chi connectivity index (χ1v) is 39.9. The Balaban J connectivity index is 4.56. The van der Waals surface area contributed by atoms with E-state index in [4.69, 9.17) is 32.3 Å². The summed E-state index contributed by atoms with van der Waals surface area (Å²) in [5.41, 5.74) is 0. The van der Waals surface area contributed by atoms with E-state index in [2.05, 4.69) is 106 Å². The molecule has 16 nitrogen and oxygen atoms in total. The molecule has 0 rings (SSSR count). The lowest BCUT2D eigenvalue weighted by Gasteiger charge is -2.21. The Kier molecular flexibility index (Phi) is 66.2. The summed E-state index contributed by atoms with van der Waals surface area (Å²) in [6.07, 6.45) is 74.8. The van der Waals surface area contributed by atoms with Gasteiger partial charge in [-0.05, 0) is 96.3 Å². The van der Waals surface area contributed by atoms with E-state index >= 15 is 0 Å². The fourth-order valence-corrected chi connectivity index (χ4v) is 11.6. The number of allylic oxidation sites excluding steroid dienone is 14. The molecule has 0 spiro atoms. The van der Waals surface area contributed by atoms with Gasteiger partial charge in [-0.25, -0.2) is 9.13 Å². The van der Waals surface area contributed by atoms with Crippen molar-refractivity contribution in [3.05, 3.63) is 85.1 Å². The Morgan fingerprint density at radius 2 is 0.570 bits per heavy atom. The molecular formula is C75H134O16P2. The van der Waals surface area contributed by atoms with E-state index in [0.717, 1.165) is 141 Å². The van der Waals surface area contributed by atoms with E-state index in [1.165, 1.54) is 116 Å². The van der Waals surface area contributed by atoms with Crippen LogP contribution < -0.4 is 0 Å². The lowest BCUT2D eigenvalue weighted by Crippen LogP contribution is -2.30. The maximum absolute atomic E-state index is 12.9. The van der Waals surface area contributed by atoms with E-state index < -0.39 is 91.5 Å². The summed E-state index contributed by atoms with van der Waals surface area (Å²) >= 11 is 0. The predicted octanol–water partition coefficient (Wildman–Crippen LogP) is 20.9. The second-order valence-corrected chi connectivity index (χ2v) is 27.6. The zero-order valence-electron chi connectivity index (χ0n) is 58.7. The first kappa shape index (κ1) is 89.7. The van der Waals surface area contributed by atoms with E-state index in [1.54, 1.807) is 0 Å². The van der Waals surface area contributed by atoms with Gasteiger partial charge in [0.15, 0.2) is 6.10 Å². The topological polar surface area (TPSA) is 231 Å². The molecule has 0 fully saturated rings. The average molecular weight is 1350 g/mol. The van der Waals surface area contributed by atoms with Crippen molar-refractivity contribution < 1.29 is 75.8 Å². The molecule has 5 unspecified atom stereocenters. The van der Waals surface area contributed by atoms with Gasteiger partial charge in [0.1, 0.15) is 25.4 Å². The largest absolute Gasteiger partial charge is 0.472 e. The summed E-state index contributed by atoms with van der Waals surface area (Å²) in [6, 6.07) is 0. The molecule has 0 aliphatic heterocycles. The highest BCUT2D eigenvalue weighted by Gasteiger charge is 2.29. The van der Waals surface area contributed by atoms with Crippen molar-refractivity contribution in [2.75, 3.05) is 39.6 Å². The number of hydrogen-bond donors (Lipinski definition) is 4. The number of phosphoric ester groups is 2. The fourth-order valence-electron chi connectivity index (χ4n) is 9.98. The molecule has 0 bridgehead atoms. The monoisotopic (exact) mass is 1350 g/mol. The van der Waals surface area contributed by atoms with Crippen LogP contribution in [-0.4, -0.2) is 95.9 Å². The number of unbranched alkanes of at least 4 members (excludes halogenated alkanes) is 33. The van der Waals surface area contributed by atoms with Crippen molar-refractivity contribution in [2.24, 2.45) is 0 Å². The molecule has 540 valence electrons. The molecule has 0 aliphatic rings. The summed E-state index contributed by atoms with van der Waals surface area (Å²) in [7, 11) is -9.78. The Morgan fingerprint density at radius 3 is 0.925 bits per heavy atom. The van der Waals surface area contributed by atoms with Crippen LogP contribution in [0.1, 0.15) is 316 Å². The summed E-state index contributed by atoms with van der Waals surface area (Å²) in [5, 5.41) is 20.6. The summed E-state index contributed by atoms with van der Waals surface area (Å²) < 4.78 is 61.0. The highest BCUT2D eigenvalue weighted by molar-refractivity contribution is 7.47. The number of esters is 3. The lowest BCUT2D eigenvalue weighted by molar-refractivity contribution is -0.161. The van der Waals surface area contributed by atoms with Gasteiger partial charge in [-0.2, -0.15) is 0 Å². The highest BCUT2D eigenvalue weighted by atomic mass is 31.2. The van der Waals surface area contributed by atoms with Crippen LogP contribution in [0.4, 0.5) is 0 Å². The van der Waals surface area contributed by atoms with E-state index in [1.807, 2.05) is 0 Å². The van der Waals surface area contributed by atoms with Gasteiger partial charge >= 0.3 is 33.6 Å². The van der Waals surface area contributed by atoms with Gasteiger partial charge in [0.05, 0.1) is 26.4 Å². The molecule has 5 atom stereocenters. The normalized spacial score (nSPS) is 14.6. The predicted molar refractivity (Wildman–Crippen MR) is 381 cm³/mol. The van der Waals surface area contributed by atoms with Crippen LogP contribution in [0.25, 0.3) is 0 Å². The highest BCUT2D eigenvalue weighted by Crippen LogP contribution is 2.45. The number of ether oxygens (including phenoxy) is 3. The number of carbonyl (C=O) groups excluding carboxylic acids is 3. The molecule has 0 heterocycles. The summed E-state index contributed by atoms with van der Waals surface area (Å²) in [6.45, 7) is 2.56. The maximum atomic E-state index is 12.9. The third-order valence-corrected chi connectivity index (χ3v) is 17.5. The van der Waals surface area contributed by atoms with Crippen molar-refractivity contribution in [3.63, 3.8) is 0 Å². The maximum Gasteiger partial charge on any atom is 0.472 e. The lowest BCUT2D eigenvalue weighted by atomic mass is 10.0. The van der Waals surface area contributed by atoms with E-state index in [0.29, 0.717) is 19.3 Å². The molecule has 0 saturated carbocycles. The van der Waals surface area contributed by atoms with Crippen LogP contribution in [-0.2, 0) is 55.8 Å². The Bertz CT molecular complexity index is 2040. The number of phosphoric acid groups is 2. The minimum atomic E-state index is -4.92. The average Bonchev–Trinajstić information content (AvgIpc) is 3.14. The van der Waals surface area contributed by atoms with Crippen molar-refractivity contribution in [2.45, 2.75) is 334 Å². The van der Waals surface area contributed by atoms with Crippen molar-refractivity contribution in [1.29, 1.82) is 0 Å². The molecule has 93 heavy (non-hydrogen) atoms. The molecule has 0 aromatic heterocycles. The molecule has 0 aromatic rings. The van der Waals surface area contributed by atoms with Crippen LogP contribution in [0.2, 0.25) is 0 Å². The zero-order chi connectivity index (χ0) is 68.1. The third kappa shape index (κ3) is 69.9. The van der Waals surface area contributed by atoms with Gasteiger partial charge in [0, 0.05) is 19.3 Å². The van der Waals surface area contributed by atoms with E-state index in [-0.39, 0.29) is 19.3 Å². The van der Waals surface area contributed by atoms with Crippen LogP contribution in [0.15, 0.2) is 85.1 Å². The molecule has 0 saturated heterocycles. The second kappa shape index (κ2) is 68.7. The number of hydrogen-bond acceptors (Lipinski definition) is 14. The molecule has 0 amide bonds. The number of rotatable bonds is 70. The minimum Gasteiger partial charge on any atom is -0.463 e. The van der Waals surface area contributed by atoms with Crippen LogP contribution >= 0.6 is 15.6 Å². The van der Waals surface area contributed by atoms with Crippen molar-refractivity contribution in [3.8, 4) is 0 Å². The first-order valence-electron chi connectivity index (χ1n) is 36.9. The van der Waals surface area contributed by atoms with Gasteiger partial charge in [0.2, 0.25) is 0 Å². The molecule has 18 heteroatoms. The fraction of sp³-hybridized carbons (Fsp3) is 0.773. The summed E-state index contributed by atoms with van der Waals surface area (Å²) in [4.78, 5) is 58.5. The molecule has 0 radical (unpaired) electrons. The number of carbonyl (C=O) groups is 3. The van der Waals surface area contributed by atoms with Gasteiger partial charge in [-0.1, -0.05) is 286 Å². The van der Waals surface area contributed by atoms with Crippen molar-refractivity contribution in [1.82, 2.24) is 0 Å². The van der Waals surface area contributed by atoms with Gasteiger partial charge in [0.25, 0.3) is 0 Å². The second-order valence-electron chi connectivity index (χ2n) is 24.7. The Hall–Kier alpha value is -3.27. The van der Waals surface area contributed by atoms with Gasteiger partial charge < -0.3 is 34.2 Å². The third-order valence-electron chi connectivity index (χ3n) is 15.6.